The van der Waals surface area contributed by atoms with Gasteiger partial charge in [0.1, 0.15) is 5.82 Å². The predicted molar refractivity (Wildman–Crippen MR) is 78.6 cm³/mol. The normalized spacial score (nSPS) is 19.8. The van der Waals surface area contributed by atoms with E-state index in [9.17, 15) is 4.39 Å². The highest BCUT2D eigenvalue weighted by molar-refractivity contribution is 5.29. The minimum absolute atomic E-state index is 0.219. The molecular weight excluding hydrogens is 255 g/mol. The van der Waals surface area contributed by atoms with Crippen LogP contribution in [0.3, 0.4) is 0 Å². The number of benzene rings is 1. The summed E-state index contributed by atoms with van der Waals surface area (Å²) >= 11 is 0. The molecule has 1 aliphatic rings. The van der Waals surface area contributed by atoms with Gasteiger partial charge in [0.05, 0.1) is 11.6 Å². The van der Waals surface area contributed by atoms with E-state index in [0.29, 0.717) is 12.2 Å². The van der Waals surface area contributed by atoms with Crippen molar-refractivity contribution < 1.29 is 9.13 Å². The second kappa shape index (κ2) is 6.66. The number of rotatable bonds is 5. The molecule has 112 valence electrons. The summed E-state index contributed by atoms with van der Waals surface area (Å²) in [6, 6.07) is 4.86. The number of halogens is 1. The van der Waals surface area contributed by atoms with Crippen LogP contribution < -0.4 is 11.3 Å². The molecule has 0 saturated heterocycles. The minimum Gasteiger partial charge on any atom is -0.373 e. The second-order valence-corrected chi connectivity index (χ2v) is 5.68. The smallest absolute Gasteiger partial charge is 0.128 e. The van der Waals surface area contributed by atoms with Crippen molar-refractivity contribution in [3.8, 4) is 0 Å². The predicted octanol–water partition coefficient (Wildman–Crippen LogP) is 3.38. The molecule has 0 aliphatic heterocycles. The summed E-state index contributed by atoms with van der Waals surface area (Å²) < 4.78 is 20.3. The van der Waals surface area contributed by atoms with E-state index in [1.165, 1.54) is 12.5 Å². The number of nitrogens with one attached hydrogen (secondary N) is 1. The van der Waals surface area contributed by atoms with Crippen molar-refractivity contribution in [2.45, 2.75) is 57.6 Å². The lowest BCUT2D eigenvalue weighted by Gasteiger charge is -2.43. The van der Waals surface area contributed by atoms with Gasteiger partial charge in [-0.25, -0.2) is 9.82 Å². The molecule has 0 amide bonds. The van der Waals surface area contributed by atoms with Gasteiger partial charge in [-0.1, -0.05) is 37.0 Å². The van der Waals surface area contributed by atoms with E-state index in [4.69, 9.17) is 10.6 Å². The van der Waals surface area contributed by atoms with Gasteiger partial charge in [0.2, 0.25) is 0 Å². The first-order chi connectivity index (χ1) is 9.63. The highest BCUT2D eigenvalue weighted by atomic mass is 19.1. The Labute approximate surface area is 120 Å². The molecule has 0 spiro atoms. The lowest BCUT2D eigenvalue weighted by Crippen LogP contribution is -2.50. The Morgan fingerprint density at radius 2 is 2.05 bits per heavy atom. The van der Waals surface area contributed by atoms with Gasteiger partial charge in [0.25, 0.3) is 0 Å². The maximum atomic E-state index is 14.2. The highest BCUT2D eigenvalue weighted by Crippen LogP contribution is 2.42. The molecule has 3 nitrogen and oxygen atoms in total. The number of aryl methyl sites for hydroxylation is 1. The van der Waals surface area contributed by atoms with Gasteiger partial charge in [0.15, 0.2) is 0 Å². The van der Waals surface area contributed by atoms with E-state index in [1.54, 1.807) is 6.07 Å². The first-order valence-corrected chi connectivity index (χ1v) is 7.49. The van der Waals surface area contributed by atoms with Gasteiger partial charge < -0.3 is 4.74 Å². The molecular formula is C16H25FN2O. The molecule has 0 radical (unpaired) electrons. The van der Waals surface area contributed by atoms with Gasteiger partial charge in [-0.3, -0.25) is 5.84 Å². The zero-order valence-electron chi connectivity index (χ0n) is 12.4. The number of hydrazine groups is 1. The summed E-state index contributed by atoms with van der Waals surface area (Å²) in [6.45, 7) is 4.56. The minimum atomic E-state index is -0.392. The van der Waals surface area contributed by atoms with Crippen molar-refractivity contribution in [3.63, 3.8) is 0 Å². The molecule has 1 unspecified atom stereocenters. The molecule has 20 heavy (non-hydrogen) atoms. The van der Waals surface area contributed by atoms with Crippen LogP contribution in [-0.2, 0) is 4.74 Å². The fourth-order valence-electron chi connectivity index (χ4n) is 3.36. The molecule has 1 atom stereocenters. The van der Waals surface area contributed by atoms with Crippen LogP contribution in [0.1, 0.15) is 56.2 Å². The largest absolute Gasteiger partial charge is 0.373 e. The second-order valence-electron chi connectivity index (χ2n) is 5.68. The Balaban J connectivity index is 2.39. The van der Waals surface area contributed by atoms with Crippen molar-refractivity contribution in [2.24, 2.45) is 5.84 Å². The Hall–Kier alpha value is -0.970. The van der Waals surface area contributed by atoms with Crippen LogP contribution in [0.25, 0.3) is 0 Å². The monoisotopic (exact) mass is 280 g/mol. The summed E-state index contributed by atoms with van der Waals surface area (Å²) in [7, 11) is 0. The summed E-state index contributed by atoms with van der Waals surface area (Å²) in [4.78, 5) is 0. The molecule has 1 aromatic rings. The van der Waals surface area contributed by atoms with E-state index in [-0.39, 0.29) is 11.9 Å². The lowest BCUT2D eigenvalue weighted by molar-refractivity contribution is -0.0920. The van der Waals surface area contributed by atoms with Crippen LogP contribution in [0.15, 0.2) is 18.2 Å². The zero-order valence-corrected chi connectivity index (χ0v) is 12.4. The maximum absolute atomic E-state index is 14.2. The van der Waals surface area contributed by atoms with Crippen molar-refractivity contribution in [1.82, 2.24) is 5.43 Å². The number of nitrogens with two attached hydrogens (primary N) is 1. The fraction of sp³-hybridized carbons (Fsp3) is 0.625. The molecule has 1 aliphatic carbocycles. The Morgan fingerprint density at radius 1 is 1.35 bits per heavy atom. The van der Waals surface area contributed by atoms with Crippen LogP contribution in [-0.4, -0.2) is 12.2 Å². The van der Waals surface area contributed by atoms with Crippen molar-refractivity contribution in [3.05, 3.63) is 35.1 Å². The van der Waals surface area contributed by atoms with Gasteiger partial charge in [-0.05, 0) is 32.8 Å². The van der Waals surface area contributed by atoms with Crippen LogP contribution in [0.5, 0.6) is 0 Å². The van der Waals surface area contributed by atoms with Crippen molar-refractivity contribution in [2.75, 3.05) is 6.61 Å². The standard InChI is InChI=1S/C16H25FN2O/c1-3-20-16(9-5-4-6-10-16)15(19-18)13-11-12(2)7-8-14(13)17/h7-8,11,15,19H,3-6,9-10,18H2,1-2H3. The summed E-state index contributed by atoms with van der Waals surface area (Å²) in [5.41, 5.74) is 4.07. The quantitative estimate of drug-likeness (QED) is 0.642. The van der Waals surface area contributed by atoms with Gasteiger partial charge in [0, 0.05) is 12.2 Å². The first kappa shape index (κ1) is 15.4. The number of hydrogen-bond acceptors (Lipinski definition) is 3. The lowest BCUT2D eigenvalue weighted by atomic mass is 9.76. The highest BCUT2D eigenvalue weighted by Gasteiger charge is 2.42. The van der Waals surface area contributed by atoms with E-state index in [1.807, 2.05) is 19.9 Å². The molecule has 4 heteroatoms. The van der Waals surface area contributed by atoms with E-state index in [2.05, 4.69) is 5.43 Å². The first-order valence-electron chi connectivity index (χ1n) is 7.49. The molecule has 3 N–H and O–H groups in total. The Bertz CT molecular complexity index is 439. The Kier molecular flexibility index (Phi) is 5.13. The number of hydrogen-bond donors (Lipinski definition) is 2. The van der Waals surface area contributed by atoms with Gasteiger partial charge in [-0.2, -0.15) is 0 Å². The summed E-state index contributed by atoms with van der Waals surface area (Å²) in [5, 5.41) is 0. The van der Waals surface area contributed by atoms with E-state index >= 15 is 0 Å². The third-order valence-corrected chi connectivity index (χ3v) is 4.29. The van der Waals surface area contributed by atoms with Crippen LogP contribution in [0, 0.1) is 12.7 Å². The molecule has 1 saturated carbocycles. The summed E-state index contributed by atoms with van der Waals surface area (Å²) in [5.74, 6) is 5.55. The van der Waals surface area contributed by atoms with Crippen molar-refractivity contribution in [1.29, 1.82) is 0 Å². The number of ether oxygens (including phenoxy) is 1. The van der Waals surface area contributed by atoms with Crippen LogP contribution >= 0.6 is 0 Å². The van der Waals surface area contributed by atoms with E-state index in [0.717, 1.165) is 31.2 Å². The third kappa shape index (κ3) is 3.03. The molecule has 0 aromatic heterocycles. The molecule has 0 bridgehead atoms. The van der Waals surface area contributed by atoms with Gasteiger partial charge in [-0.15, -0.1) is 0 Å². The topological polar surface area (TPSA) is 47.3 Å². The molecule has 0 heterocycles. The average Bonchev–Trinajstić information content (AvgIpc) is 2.45. The van der Waals surface area contributed by atoms with Crippen LogP contribution in [0.4, 0.5) is 4.39 Å². The maximum Gasteiger partial charge on any atom is 0.128 e. The zero-order chi connectivity index (χ0) is 14.6. The summed E-state index contributed by atoms with van der Waals surface area (Å²) in [6.07, 6.45) is 5.26. The molecule has 1 aromatic carbocycles. The third-order valence-electron chi connectivity index (χ3n) is 4.29. The van der Waals surface area contributed by atoms with Crippen LogP contribution in [0.2, 0.25) is 0 Å². The average molecular weight is 280 g/mol. The fourth-order valence-corrected chi connectivity index (χ4v) is 3.36. The molecule has 2 rings (SSSR count). The molecule has 1 fully saturated rings. The van der Waals surface area contributed by atoms with Gasteiger partial charge >= 0.3 is 0 Å². The Morgan fingerprint density at radius 3 is 2.65 bits per heavy atom. The van der Waals surface area contributed by atoms with E-state index < -0.39 is 5.60 Å². The van der Waals surface area contributed by atoms with Crippen molar-refractivity contribution >= 4 is 0 Å². The SMILES string of the molecule is CCOC1(C(NN)c2cc(C)ccc2F)CCCCC1.